The summed E-state index contributed by atoms with van der Waals surface area (Å²) in [7, 11) is -1.34. The molecule has 1 aliphatic heterocycles. The zero-order valence-electron chi connectivity index (χ0n) is 8.46. The highest BCUT2D eigenvalue weighted by Crippen LogP contribution is 2.19. The van der Waals surface area contributed by atoms with Crippen LogP contribution in [-0.4, -0.2) is 10.1 Å². The molecule has 76 valence electrons. The number of rotatable bonds is 0. The van der Waals surface area contributed by atoms with E-state index < -0.39 is 11.0 Å². The smallest absolute Gasteiger partial charge is 0.264 e. The fourth-order valence-corrected chi connectivity index (χ4v) is 2.21. The van der Waals surface area contributed by atoms with Crippen molar-refractivity contribution in [3.05, 3.63) is 29.3 Å². The van der Waals surface area contributed by atoms with Crippen LogP contribution in [0.15, 0.2) is 23.1 Å². The van der Waals surface area contributed by atoms with Crippen molar-refractivity contribution in [3.63, 3.8) is 0 Å². The molecule has 4 heteroatoms. The minimum atomic E-state index is -1.34. The van der Waals surface area contributed by atoms with Crippen molar-refractivity contribution in [3.8, 4) is 0 Å². The molecule has 1 aromatic rings. The molecule has 1 unspecified atom stereocenters. The van der Waals surface area contributed by atoms with Gasteiger partial charge in [0, 0.05) is 0 Å². The summed E-state index contributed by atoms with van der Waals surface area (Å²) in [6, 6.07) is 5.30. The molecule has 0 bridgehead atoms. The lowest BCUT2D eigenvalue weighted by atomic mass is 10.1. The number of hydrogen-bond acceptors (Lipinski definition) is 2. The summed E-state index contributed by atoms with van der Waals surface area (Å²) >= 11 is 0. The van der Waals surface area contributed by atoms with E-state index in [0.717, 1.165) is 5.56 Å². The molecular formula is C10H13NO2S. The van der Waals surface area contributed by atoms with Crippen molar-refractivity contribution in [1.29, 1.82) is 0 Å². The standard InChI is InChI=1S/C8H7NO2S.C2H6/c1-5-2-3-6-7(4-5)12(11)9-8(6)10;1-2/h2-4H,1H3,(H,9,10);1-2H3. The molecule has 1 aliphatic rings. The first-order valence-corrected chi connectivity index (χ1v) is 5.67. The van der Waals surface area contributed by atoms with Crippen molar-refractivity contribution in [2.24, 2.45) is 0 Å². The van der Waals surface area contributed by atoms with E-state index in [1.54, 1.807) is 12.1 Å². The highest BCUT2D eigenvalue weighted by molar-refractivity contribution is 7.84. The molecule has 0 aromatic heterocycles. The van der Waals surface area contributed by atoms with Crippen molar-refractivity contribution >= 4 is 16.9 Å². The van der Waals surface area contributed by atoms with Crippen LogP contribution in [-0.2, 0) is 11.0 Å². The third-order valence-corrected chi connectivity index (χ3v) is 2.87. The number of fused-ring (bicyclic) bond motifs is 1. The highest BCUT2D eigenvalue weighted by atomic mass is 32.2. The topological polar surface area (TPSA) is 46.2 Å². The van der Waals surface area contributed by atoms with Crippen molar-refractivity contribution < 1.29 is 9.00 Å². The fraction of sp³-hybridized carbons (Fsp3) is 0.300. The predicted molar refractivity (Wildman–Crippen MR) is 56.4 cm³/mol. The zero-order valence-corrected chi connectivity index (χ0v) is 9.27. The quantitative estimate of drug-likeness (QED) is 0.711. The minimum absolute atomic E-state index is 0.247. The Morgan fingerprint density at radius 3 is 2.57 bits per heavy atom. The van der Waals surface area contributed by atoms with Crippen LogP contribution in [0.4, 0.5) is 0 Å². The monoisotopic (exact) mass is 211 g/mol. The summed E-state index contributed by atoms with van der Waals surface area (Å²) < 4.78 is 13.6. The number of benzene rings is 1. The molecule has 0 radical (unpaired) electrons. The maximum Gasteiger partial charge on any atom is 0.264 e. The van der Waals surface area contributed by atoms with E-state index in [1.807, 2.05) is 26.8 Å². The highest BCUT2D eigenvalue weighted by Gasteiger charge is 2.24. The van der Waals surface area contributed by atoms with Crippen molar-refractivity contribution in [1.82, 2.24) is 4.72 Å². The Kier molecular flexibility index (Phi) is 3.41. The Morgan fingerprint density at radius 2 is 1.93 bits per heavy atom. The van der Waals surface area contributed by atoms with E-state index in [1.165, 1.54) is 0 Å². The van der Waals surface area contributed by atoms with Gasteiger partial charge in [0.05, 0.1) is 10.5 Å². The van der Waals surface area contributed by atoms with Crippen LogP contribution >= 0.6 is 0 Å². The molecule has 1 N–H and O–H groups in total. The fourth-order valence-electron chi connectivity index (χ4n) is 1.16. The minimum Gasteiger partial charge on any atom is -0.268 e. The third-order valence-electron chi connectivity index (χ3n) is 1.77. The van der Waals surface area contributed by atoms with E-state index in [2.05, 4.69) is 4.72 Å². The molecule has 1 amide bonds. The molecular weight excluding hydrogens is 198 g/mol. The molecule has 0 saturated heterocycles. The van der Waals surface area contributed by atoms with Crippen LogP contribution in [0.1, 0.15) is 29.8 Å². The van der Waals surface area contributed by atoms with Crippen LogP contribution in [0.5, 0.6) is 0 Å². The Labute approximate surface area is 86.1 Å². The van der Waals surface area contributed by atoms with Gasteiger partial charge in [-0.25, -0.2) is 4.21 Å². The second kappa shape index (κ2) is 4.37. The molecule has 3 nitrogen and oxygen atoms in total. The number of carbonyl (C=O) groups excluding carboxylic acids is 1. The molecule has 0 saturated carbocycles. The lowest BCUT2D eigenvalue weighted by Gasteiger charge is -1.94. The molecule has 0 spiro atoms. The molecule has 1 aromatic carbocycles. The van der Waals surface area contributed by atoms with Gasteiger partial charge in [-0.15, -0.1) is 0 Å². The van der Waals surface area contributed by atoms with Gasteiger partial charge in [0.2, 0.25) is 0 Å². The molecule has 0 fully saturated rings. The molecule has 2 rings (SSSR count). The van der Waals surface area contributed by atoms with Crippen molar-refractivity contribution in [2.45, 2.75) is 25.7 Å². The maximum absolute atomic E-state index is 11.2. The van der Waals surface area contributed by atoms with Gasteiger partial charge >= 0.3 is 0 Å². The number of amides is 1. The van der Waals surface area contributed by atoms with Crippen LogP contribution < -0.4 is 4.72 Å². The first-order chi connectivity index (χ1) is 6.68. The summed E-state index contributed by atoms with van der Waals surface area (Å²) in [5.41, 5.74) is 1.54. The van der Waals surface area contributed by atoms with Crippen LogP contribution in [0.3, 0.4) is 0 Å². The SMILES string of the molecule is CC.Cc1ccc2c(c1)S(=O)NC2=O. The predicted octanol–water partition coefficient (Wildman–Crippen LogP) is 1.79. The second-order valence-corrected chi connectivity index (χ2v) is 3.88. The van der Waals surface area contributed by atoms with Crippen LogP contribution in [0.25, 0.3) is 0 Å². The van der Waals surface area contributed by atoms with Crippen molar-refractivity contribution in [2.75, 3.05) is 0 Å². The number of carbonyl (C=O) groups is 1. The van der Waals surface area contributed by atoms with Crippen LogP contribution in [0.2, 0.25) is 0 Å². The van der Waals surface area contributed by atoms with Gasteiger partial charge in [-0.05, 0) is 24.6 Å². The van der Waals surface area contributed by atoms with Gasteiger partial charge in [-0.3, -0.25) is 9.52 Å². The molecule has 1 heterocycles. The zero-order chi connectivity index (χ0) is 10.7. The summed E-state index contributed by atoms with van der Waals surface area (Å²) in [4.78, 5) is 11.7. The Morgan fingerprint density at radius 1 is 1.29 bits per heavy atom. The third kappa shape index (κ3) is 1.85. The van der Waals surface area contributed by atoms with E-state index in [4.69, 9.17) is 0 Å². The van der Waals surface area contributed by atoms with E-state index in [0.29, 0.717) is 10.5 Å². The molecule has 1 atom stereocenters. The van der Waals surface area contributed by atoms with Gasteiger partial charge in [-0.1, -0.05) is 19.9 Å². The van der Waals surface area contributed by atoms with E-state index in [-0.39, 0.29) is 5.91 Å². The average molecular weight is 211 g/mol. The lowest BCUT2D eigenvalue weighted by molar-refractivity contribution is 0.0986. The number of nitrogens with one attached hydrogen (secondary N) is 1. The summed E-state index contributed by atoms with van der Waals surface area (Å²) in [6.07, 6.45) is 0. The largest absolute Gasteiger partial charge is 0.268 e. The summed E-state index contributed by atoms with van der Waals surface area (Å²) in [5, 5.41) is 0. The first kappa shape index (κ1) is 10.9. The first-order valence-electron chi connectivity index (χ1n) is 4.52. The summed E-state index contributed by atoms with van der Waals surface area (Å²) in [6.45, 7) is 5.90. The van der Waals surface area contributed by atoms with Gasteiger partial charge < -0.3 is 0 Å². The van der Waals surface area contributed by atoms with Gasteiger partial charge in [-0.2, -0.15) is 0 Å². The van der Waals surface area contributed by atoms with Crippen LogP contribution in [0, 0.1) is 6.92 Å². The Bertz CT molecular complexity index is 388. The normalized spacial score (nSPS) is 17.9. The lowest BCUT2D eigenvalue weighted by Crippen LogP contribution is -2.15. The summed E-state index contributed by atoms with van der Waals surface area (Å²) in [5.74, 6) is -0.247. The molecule has 14 heavy (non-hydrogen) atoms. The van der Waals surface area contributed by atoms with Gasteiger partial charge in [0.1, 0.15) is 0 Å². The van der Waals surface area contributed by atoms with Gasteiger partial charge in [0.15, 0.2) is 11.0 Å². The Hall–Kier alpha value is -1.16. The maximum atomic E-state index is 11.2. The Balaban J connectivity index is 0.000000461. The second-order valence-electron chi connectivity index (χ2n) is 2.70. The average Bonchev–Trinajstić information content (AvgIpc) is 2.46. The van der Waals surface area contributed by atoms with E-state index in [9.17, 15) is 9.00 Å². The molecule has 0 aliphatic carbocycles. The number of aryl methyl sites for hydroxylation is 1. The number of hydrogen-bond donors (Lipinski definition) is 1. The van der Waals surface area contributed by atoms with Gasteiger partial charge in [0.25, 0.3) is 5.91 Å². The van der Waals surface area contributed by atoms with E-state index >= 15 is 0 Å².